The molecule has 116 valence electrons. The van der Waals surface area contributed by atoms with E-state index in [1.165, 1.54) is 24.3 Å². The molecule has 0 saturated carbocycles. The standard InChI is InChI=1S/C15H14ClNO4S/c16-12-4-8-14(9-5-12)22(20,21)17-13-6-1-11(2-7-13)3-10-15(18)19/h1-2,4-9,17H,3,10H2,(H,18,19). The molecular formula is C15H14ClNO4S. The van der Waals surface area contributed by atoms with Gasteiger partial charge in [0.15, 0.2) is 0 Å². The summed E-state index contributed by atoms with van der Waals surface area (Å²) in [6, 6.07) is 12.5. The first-order chi connectivity index (χ1) is 10.4. The van der Waals surface area contributed by atoms with Gasteiger partial charge in [-0.15, -0.1) is 0 Å². The number of nitrogens with one attached hydrogen (secondary N) is 1. The predicted octanol–water partition coefficient (Wildman–Crippen LogP) is 3.16. The lowest BCUT2D eigenvalue weighted by Gasteiger charge is -2.09. The number of hydrogen-bond donors (Lipinski definition) is 2. The number of carboxylic acid groups (broad SMARTS) is 1. The van der Waals surface area contributed by atoms with Crippen LogP contribution in [0.2, 0.25) is 5.02 Å². The Morgan fingerprint density at radius 3 is 2.18 bits per heavy atom. The van der Waals surface area contributed by atoms with E-state index in [2.05, 4.69) is 4.72 Å². The minimum absolute atomic E-state index is 0.0375. The van der Waals surface area contributed by atoms with Gasteiger partial charge in [0.05, 0.1) is 4.90 Å². The highest BCUT2D eigenvalue weighted by molar-refractivity contribution is 7.92. The third-order valence-electron chi connectivity index (χ3n) is 2.96. The zero-order valence-electron chi connectivity index (χ0n) is 11.5. The van der Waals surface area contributed by atoms with Crippen LogP contribution in [0.3, 0.4) is 0 Å². The van der Waals surface area contributed by atoms with Crippen LogP contribution in [0.15, 0.2) is 53.4 Å². The average Bonchev–Trinajstić information content (AvgIpc) is 2.46. The van der Waals surface area contributed by atoms with E-state index >= 15 is 0 Å². The first-order valence-corrected chi connectivity index (χ1v) is 8.32. The molecular weight excluding hydrogens is 326 g/mol. The van der Waals surface area contributed by atoms with Gasteiger partial charge in [-0.2, -0.15) is 0 Å². The molecule has 2 N–H and O–H groups in total. The van der Waals surface area contributed by atoms with Gasteiger partial charge >= 0.3 is 5.97 Å². The highest BCUT2D eigenvalue weighted by Gasteiger charge is 2.13. The van der Waals surface area contributed by atoms with Crippen molar-refractivity contribution in [3.63, 3.8) is 0 Å². The number of hydrogen-bond acceptors (Lipinski definition) is 3. The summed E-state index contributed by atoms with van der Waals surface area (Å²) in [6.07, 6.45) is 0.440. The largest absolute Gasteiger partial charge is 0.481 e. The third kappa shape index (κ3) is 4.47. The molecule has 0 aliphatic carbocycles. The molecule has 5 nitrogen and oxygen atoms in total. The summed E-state index contributed by atoms with van der Waals surface area (Å²) >= 11 is 5.73. The molecule has 0 fully saturated rings. The maximum Gasteiger partial charge on any atom is 0.303 e. The van der Waals surface area contributed by atoms with Crippen LogP contribution in [0, 0.1) is 0 Å². The van der Waals surface area contributed by atoms with E-state index in [0.29, 0.717) is 17.1 Å². The van der Waals surface area contributed by atoms with Crippen LogP contribution in [0.25, 0.3) is 0 Å². The van der Waals surface area contributed by atoms with Gasteiger partial charge < -0.3 is 5.11 Å². The summed E-state index contributed by atoms with van der Waals surface area (Å²) in [5, 5.41) is 9.09. The molecule has 0 saturated heterocycles. The highest BCUT2D eigenvalue weighted by Crippen LogP contribution is 2.19. The predicted molar refractivity (Wildman–Crippen MR) is 84.7 cm³/mol. The number of carboxylic acids is 1. The number of aryl methyl sites for hydroxylation is 1. The van der Waals surface area contributed by atoms with Gasteiger partial charge in [-0.25, -0.2) is 8.42 Å². The van der Waals surface area contributed by atoms with E-state index in [4.69, 9.17) is 16.7 Å². The van der Waals surface area contributed by atoms with Crippen LogP contribution >= 0.6 is 11.6 Å². The molecule has 0 atom stereocenters. The van der Waals surface area contributed by atoms with Crippen molar-refractivity contribution in [1.82, 2.24) is 0 Å². The Labute approximate surface area is 133 Å². The maximum atomic E-state index is 12.2. The van der Waals surface area contributed by atoms with E-state index in [1.807, 2.05) is 0 Å². The smallest absolute Gasteiger partial charge is 0.303 e. The molecule has 2 aromatic rings. The van der Waals surface area contributed by atoms with Crippen molar-refractivity contribution >= 4 is 33.3 Å². The second kappa shape index (κ2) is 6.81. The second-order valence-electron chi connectivity index (χ2n) is 4.65. The van der Waals surface area contributed by atoms with Crippen LogP contribution in [-0.2, 0) is 21.2 Å². The van der Waals surface area contributed by atoms with Crippen LogP contribution in [-0.4, -0.2) is 19.5 Å². The molecule has 0 aliphatic heterocycles. The molecule has 22 heavy (non-hydrogen) atoms. The van der Waals surface area contributed by atoms with Crippen LogP contribution in [0.4, 0.5) is 5.69 Å². The van der Waals surface area contributed by atoms with Crippen LogP contribution < -0.4 is 4.72 Å². The molecule has 0 unspecified atom stereocenters. The number of halogens is 1. The minimum atomic E-state index is -3.67. The monoisotopic (exact) mass is 339 g/mol. The van der Waals surface area contributed by atoms with E-state index in [9.17, 15) is 13.2 Å². The summed E-state index contributed by atoms with van der Waals surface area (Å²) in [6.45, 7) is 0. The van der Waals surface area contributed by atoms with Gasteiger partial charge in [-0.1, -0.05) is 23.7 Å². The first kappa shape index (κ1) is 16.3. The van der Waals surface area contributed by atoms with Gasteiger partial charge in [0.1, 0.15) is 0 Å². The quantitative estimate of drug-likeness (QED) is 0.846. The summed E-state index contributed by atoms with van der Waals surface area (Å²) in [5.41, 5.74) is 1.24. The Morgan fingerprint density at radius 1 is 1.05 bits per heavy atom. The lowest BCUT2D eigenvalue weighted by Crippen LogP contribution is -2.12. The molecule has 0 heterocycles. The zero-order valence-corrected chi connectivity index (χ0v) is 13.1. The lowest BCUT2D eigenvalue weighted by molar-refractivity contribution is -0.136. The number of anilines is 1. The summed E-state index contributed by atoms with van der Waals surface area (Å²) in [7, 11) is -3.67. The maximum absolute atomic E-state index is 12.2. The third-order valence-corrected chi connectivity index (χ3v) is 4.61. The Kier molecular flexibility index (Phi) is 5.05. The highest BCUT2D eigenvalue weighted by atomic mass is 35.5. The van der Waals surface area contributed by atoms with Gasteiger partial charge in [-0.3, -0.25) is 9.52 Å². The van der Waals surface area contributed by atoms with E-state index in [0.717, 1.165) is 5.56 Å². The Hall–Kier alpha value is -2.05. The molecule has 0 aromatic heterocycles. The van der Waals surface area contributed by atoms with E-state index in [-0.39, 0.29) is 11.3 Å². The molecule has 0 amide bonds. The fourth-order valence-corrected chi connectivity index (χ4v) is 3.00. The molecule has 2 aromatic carbocycles. The Balaban J connectivity index is 2.09. The number of benzene rings is 2. The number of carbonyl (C=O) groups is 1. The van der Waals surface area contributed by atoms with Crippen molar-refractivity contribution in [3.8, 4) is 0 Å². The van der Waals surface area contributed by atoms with Crippen molar-refractivity contribution in [2.24, 2.45) is 0 Å². The van der Waals surface area contributed by atoms with Crippen molar-refractivity contribution in [1.29, 1.82) is 0 Å². The Bertz CT molecular complexity index is 755. The zero-order chi connectivity index (χ0) is 16.2. The van der Waals surface area contributed by atoms with E-state index < -0.39 is 16.0 Å². The van der Waals surface area contributed by atoms with Gasteiger partial charge in [0.25, 0.3) is 10.0 Å². The number of sulfonamides is 1. The SMILES string of the molecule is O=C(O)CCc1ccc(NS(=O)(=O)c2ccc(Cl)cc2)cc1. The van der Waals surface area contributed by atoms with Crippen molar-refractivity contribution in [2.75, 3.05) is 4.72 Å². The number of rotatable bonds is 6. The molecule has 7 heteroatoms. The normalized spacial score (nSPS) is 11.1. The second-order valence-corrected chi connectivity index (χ2v) is 6.77. The molecule has 2 rings (SSSR count). The van der Waals surface area contributed by atoms with Crippen LogP contribution in [0.5, 0.6) is 0 Å². The van der Waals surface area contributed by atoms with E-state index in [1.54, 1.807) is 24.3 Å². The summed E-state index contributed by atoms with van der Waals surface area (Å²) in [5.74, 6) is -0.868. The number of aliphatic carboxylic acids is 1. The average molecular weight is 340 g/mol. The van der Waals surface area contributed by atoms with Gasteiger partial charge in [0.2, 0.25) is 0 Å². The van der Waals surface area contributed by atoms with Crippen molar-refractivity contribution in [2.45, 2.75) is 17.7 Å². The fraction of sp³-hybridized carbons (Fsp3) is 0.133. The summed E-state index contributed by atoms with van der Waals surface area (Å²) < 4.78 is 26.8. The van der Waals surface area contributed by atoms with Gasteiger partial charge in [0, 0.05) is 17.1 Å². The van der Waals surface area contributed by atoms with Crippen molar-refractivity contribution in [3.05, 3.63) is 59.1 Å². The first-order valence-electron chi connectivity index (χ1n) is 6.46. The van der Waals surface area contributed by atoms with Crippen LogP contribution in [0.1, 0.15) is 12.0 Å². The fourth-order valence-electron chi connectivity index (χ4n) is 1.82. The lowest BCUT2D eigenvalue weighted by atomic mass is 10.1. The van der Waals surface area contributed by atoms with Crippen molar-refractivity contribution < 1.29 is 18.3 Å². The molecule has 0 bridgehead atoms. The topological polar surface area (TPSA) is 83.5 Å². The Morgan fingerprint density at radius 2 is 1.64 bits per heavy atom. The van der Waals surface area contributed by atoms with Gasteiger partial charge in [-0.05, 0) is 48.4 Å². The summed E-state index contributed by atoms with van der Waals surface area (Å²) in [4.78, 5) is 10.6. The molecule has 0 aliphatic rings. The molecule has 0 spiro atoms. The molecule has 0 radical (unpaired) electrons. The minimum Gasteiger partial charge on any atom is -0.481 e.